The first-order valence-electron chi connectivity index (χ1n) is 6.29. The summed E-state index contributed by atoms with van der Waals surface area (Å²) in [5, 5.41) is 0. The molecule has 0 fully saturated rings. The second kappa shape index (κ2) is 5.71. The number of hydrogen-bond donors (Lipinski definition) is 0. The van der Waals surface area contributed by atoms with Crippen LogP contribution in [0.1, 0.15) is 30.9 Å². The molecule has 0 bridgehead atoms. The molecular formula is C15H18O3. The van der Waals surface area contributed by atoms with Gasteiger partial charge in [0.05, 0.1) is 13.7 Å². The number of benzene rings is 1. The van der Waals surface area contributed by atoms with E-state index in [0.29, 0.717) is 13.0 Å². The van der Waals surface area contributed by atoms with Crippen LogP contribution in [0.15, 0.2) is 23.8 Å². The molecule has 0 saturated carbocycles. The second-order valence-electron chi connectivity index (χ2n) is 4.40. The fourth-order valence-corrected chi connectivity index (χ4v) is 1.98. The van der Waals surface area contributed by atoms with E-state index < -0.39 is 0 Å². The van der Waals surface area contributed by atoms with Gasteiger partial charge in [0, 0.05) is 12.0 Å². The zero-order valence-corrected chi connectivity index (χ0v) is 10.9. The third-order valence-corrected chi connectivity index (χ3v) is 3.05. The summed E-state index contributed by atoms with van der Waals surface area (Å²) in [6, 6.07) is 5.85. The van der Waals surface area contributed by atoms with E-state index in [2.05, 4.69) is 6.92 Å². The molecule has 0 atom stereocenters. The van der Waals surface area contributed by atoms with Crippen LogP contribution in [0.5, 0.6) is 5.75 Å². The Morgan fingerprint density at radius 3 is 2.94 bits per heavy atom. The van der Waals surface area contributed by atoms with E-state index >= 15 is 0 Å². The first-order chi connectivity index (χ1) is 8.74. The molecule has 3 nitrogen and oxygen atoms in total. The zero-order chi connectivity index (χ0) is 13.0. The van der Waals surface area contributed by atoms with Crippen molar-refractivity contribution in [2.45, 2.75) is 26.2 Å². The van der Waals surface area contributed by atoms with Gasteiger partial charge >= 0.3 is 5.97 Å². The minimum atomic E-state index is -0.196. The fourth-order valence-electron chi connectivity index (χ4n) is 1.98. The lowest BCUT2D eigenvalue weighted by Gasteiger charge is -2.04. The number of unbranched alkanes of at least 4 members (excludes halogenated alkanes) is 1. The van der Waals surface area contributed by atoms with Crippen molar-refractivity contribution in [1.82, 2.24) is 0 Å². The Kier molecular flexibility index (Phi) is 4.03. The smallest absolute Gasteiger partial charge is 0.334 e. The van der Waals surface area contributed by atoms with E-state index in [1.165, 1.54) is 0 Å². The van der Waals surface area contributed by atoms with E-state index in [0.717, 1.165) is 35.3 Å². The number of esters is 1. The van der Waals surface area contributed by atoms with Crippen LogP contribution in [0.3, 0.4) is 0 Å². The summed E-state index contributed by atoms with van der Waals surface area (Å²) in [6.45, 7) is 2.58. The monoisotopic (exact) mass is 246 g/mol. The molecule has 1 aliphatic rings. The summed E-state index contributed by atoms with van der Waals surface area (Å²) in [6.07, 6.45) is 4.49. The lowest BCUT2D eigenvalue weighted by atomic mass is 10.1. The predicted octanol–water partition coefficient (Wildman–Crippen LogP) is 2.98. The topological polar surface area (TPSA) is 35.5 Å². The molecule has 2 rings (SSSR count). The van der Waals surface area contributed by atoms with Gasteiger partial charge in [-0.1, -0.05) is 19.4 Å². The van der Waals surface area contributed by atoms with Crippen molar-refractivity contribution >= 4 is 12.0 Å². The molecule has 18 heavy (non-hydrogen) atoms. The lowest BCUT2D eigenvalue weighted by Crippen LogP contribution is -2.08. The average molecular weight is 246 g/mol. The molecule has 96 valence electrons. The van der Waals surface area contributed by atoms with E-state index in [9.17, 15) is 4.79 Å². The van der Waals surface area contributed by atoms with Crippen LogP contribution >= 0.6 is 0 Å². The highest BCUT2D eigenvalue weighted by atomic mass is 16.5. The van der Waals surface area contributed by atoms with Crippen molar-refractivity contribution in [3.63, 3.8) is 0 Å². The minimum Gasteiger partial charge on any atom is -0.497 e. The second-order valence-corrected chi connectivity index (χ2v) is 4.40. The minimum absolute atomic E-state index is 0.196. The highest BCUT2D eigenvalue weighted by Crippen LogP contribution is 2.28. The maximum Gasteiger partial charge on any atom is 0.334 e. The maximum absolute atomic E-state index is 11.8. The Bertz CT molecular complexity index is 475. The molecule has 0 aromatic heterocycles. The standard InChI is InChI=1S/C15H18O3/c1-3-4-7-18-15(16)13-8-11-5-6-14(17-2)10-12(11)9-13/h5-6,8,10H,3-4,7,9H2,1-2H3. The van der Waals surface area contributed by atoms with E-state index in [1.54, 1.807) is 7.11 Å². The number of fused-ring (bicyclic) bond motifs is 1. The Labute approximate surface area is 107 Å². The van der Waals surface area contributed by atoms with Crippen LogP contribution in [0, 0.1) is 0 Å². The summed E-state index contributed by atoms with van der Waals surface area (Å²) in [4.78, 5) is 11.8. The van der Waals surface area contributed by atoms with Gasteiger partial charge in [0.15, 0.2) is 0 Å². The van der Waals surface area contributed by atoms with Crippen LogP contribution in [0.4, 0.5) is 0 Å². The number of methoxy groups -OCH3 is 1. The summed E-state index contributed by atoms with van der Waals surface area (Å²) < 4.78 is 10.4. The van der Waals surface area contributed by atoms with Crippen molar-refractivity contribution < 1.29 is 14.3 Å². The molecule has 1 aromatic carbocycles. The maximum atomic E-state index is 11.8. The highest BCUT2D eigenvalue weighted by Gasteiger charge is 2.19. The summed E-state index contributed by atoms with van der Waals surface area (Å²) in [5.41, 5.74) is 2.93. The Balaban J connectivity index is 2.01. The SMILES string of the molecule is CCCCOC(=O)C1=Cc2ccc(OC)cc2C1. The van der Waals surface area contributed by atoms with Crippen LogP contribution in [0.2, 0.25) is 0 Å². The molecule has 0 saturated heterocycles. The van der Waals surface area contributed by atoms with Gasteiger partial charge in [-0.2, -0.15) is 0 Å². The Morgan fingerprint density at radius 2 is 2.22 bits per heavy atom. The Morgan fingerprint density at radius 1 is 1.39 bits per heavy atom. The quantitative estimate of drug-likeness (QED) is 0.592. The van der Waals surface area contributed by atoms with Gasteiger partial charge in [-0.3, -0.25) is 0 Å². The van der Waals surface area contributed by atoms with E-state index in [4.69, 9.17) is 9.47 Å². The number of carbonyl (C=O) groups is 1. The van der Waals surface area contributed by atoms with Gasteiger partial charge in [-0.05, 0) is 35.8 Å². The molecule has 3 heteroatoms. The van der Waals surface area contributed by atoms with Crippen molar-refractivity contribution in [2.75, 3.05) is 13.7 Å². The number of rotatable bonds is 5. The molecule has 0 radical (unpaired) electrons. The first kappa shape index (κ1) is 12.7. The molecule has 1 aromatic rings. The third kappa shape index (κ3) is 2.73. The molecule has 0 unspecified atom stereocenters. The van der Waals surface area contributed by atoms with Gasteiger partial charge in [-0.15, -0.1) is 0 Å². The van der Waals surface area contributed by atoms with Crippen LogP contribution in [0.25, 0.3) is 6.08 Å². The number of hydrogen-bond acceptors (Lipinski definition) is 3. The van der Waals surface area contributed by atoms with E-state index in [-0.39, 0.29) is 5.97 Å². The normalized spacial score (nSPS) is 12.9. The number of ether oxygens (including phenoxy) is 2. The van der Waals surface area contributed by atoms with Crippen molar-refractivity contribution in [1.29, 1.82) is 0 Å². The Hall–Kier alpha value is -1.77. The van der Waals surface area contributed by atoms with Crippen LogP contribution in [-0.2, 0) is 16.0 Å². The van der Waals surface area contributed by atoms with Gasteiger partial charge in [0.2, 0.25) is 0 Å². The van der Waals surface area contributed by atoms with Crippen LogP contribution < -0.4 is 4.74 Å². The zero-order valence-electron chi connectivity index (χ0n) is 10.9. The van der Waals surface area contributed by atoms with E-state index in [1.807, 2.05) is 24.3 Å². The van der Waals surface area contributed by atoms with Crippen molar-refractivity contribution in [2.24, 2.45) is 0 Å². The lowest BCUT2D eigenvalue weighted by molar-refractivity contribution is -0.139. The first-order valence-corrected chi connectivity index (χ1v) is 6.29. The van der Waals surface area contributed by atoms with Crippen molar-refractivity contribution in [3.8, 4) is 5.75 Å². The predicted molar refractivity (Wildman–Crippen MR) is 70.5 cm³/mol. The largest absolute Gasteiger partial charge is 0.497 e. The van der Waals surface area contributed by atoms with Crippen molar-refractivity contribution in [3.05, 3.63) is 34.9 Å². The molecule has 1 aliphatic carbocycles. The fraction of sp³-hybridized carbons (Fsp3) is 0.400. The molecule has 0 aliphatic heterocycles. The van der Waals surface area contributed by atoms with Gasteiger partial charge < -0.3 is 9.47 Å². The van der Waals surface area contributed by atoms with Crippen LogP contribution in [-0.4, -0.2) is 19.7 Å². The summed E-state index contributed by atoms with van der Waals surface area (Å²) in [5.74, 6) is 0.626. The van der Waals surface area contributed by atoms with Gasteiger partial charge in [-0.25, -0.2) is 4.79 Å². The molecule has 0 spiro atoms. The summed E-state index contributed by atoms with van der Waals surface area (Å²) >= 11 is 0. The molecule has 0 heterocycles. The molecule has 0 amide bonds. The molecule has 0 N–H and O–H groups in total. The third-order valence-electron chi connectivity index (χ3n) is 3.05. The highest BCUT2D eigenvalue weighted by molar-refractivity contribution is 5.96. The number of carbonyl (C=O) groups excluding carboxylic acids is 1. The van der Waals surface area contributed by atoms with Gasteiger partial charge in [0.25, 0.3) is 0 Å². The average Bonchev–Trinajstić information content (AvgIpc) is 2.81. The summed E-state index contributed by atoms with van der Waals surface area (Å²) in [7, 11) is 1.64. The molecular weight excluding hydrogens is 228 g/mol. The van der Waals surface area contributed by atoms with Gasteiger partial charge in [0.1, 0.15) is 5.75 Å².